The first-order chi connectivity index (χ1) is 12.5. The molecule has 1 aromatic rings. The number of nitrogens with one attached hydrogen (secondary N) is 2. The van der Waals surface area contributed by atoms with Gasteiger partial charge in [-0.15, -0.1) is 0 Å². The average molecular weight is 364 g/mol. The third kappa shape index (κ3) is 4.21. The van der Waals surface area contributed by atoms with Crippen molar-refractivity contribution in [2.24, 2.45) is 0 Å². The van der Waals surface area contributed by atoms with Crippen LogP contribution in [0.2, 0.25) is 0 Å². The summed E-state index contributed by atoms with van der Waals surface area (Å²) in [6.07, 6.45) is -3.33. The smallest absolute Gasteiger partial charge is 0.217 e. The summed E-state index contributed by atoms with van der Waals surface area (Å²) < 4.78 is 17.7. The van der Waals surface area contributed by atoms with Crippen LogP contribution in [-0.2, 0) is 23.8 Å². The Balaban J connectivity index is 1.77. The lowest BCUT2D eigenvalue weighted by Gasteiger charge is -2.48. The van der Waals surface area contributed by atoms with Gasteiger partial charge in [0, 0.05) is 26.0 Å². The highest BCUT2D eigenvalue weighted by molar-refractivity contribution is 5.73. The Morgan fingerprint density at radius 3 is 2.54 bits per heavy atom. The van der Waals surface area contributed by atoms with Crippen LogP contribution in [0.3, 0.4) is 0 Å². The number of ether oxygens (including phenoxy) is 3. The number of carbonyl (C=O) groups is 2. The van der Waals surface area contributed by atoms with E-state index in [0.717, 1.165) is 5.56 Å². The molecule has 2 aliphatic heterocycles. The van der Waals surface area contributed by atoms with Crippen molar-refractivity contribution >= 4 is 11.8 Å². The number of aliphatic hydroxyl groups excluding tert-OH is 1. The van der Waals surface area contributed by atoms with Crippen LogP contribution >= 0.6 is 0 Å². The van der Waals surface area contributed by atoms with Crippen molar-refractivity contribution in [3.63, 3.8) is 0 Å². The van der Waals surface area contributed by atoms with Gasteiger partial charge in [-0.25, -0.2) is 0 Å². The predicted octanol–water partition coefficient (Wildman–Crippen LogP) is -0.130. The molecule has 0 spiro atoms. The Morgan fingerprint density at radius 1 is 1.15 bits per heavy atom. The minimum atomic E-state index is -1.03. The molecule has 8 nitrogen and oxygen atoms in total. The monoisotopic (exact) mass is 364 g/mol. The molecule has 0 bridgehead atoms. The van der Waals surface area contributed by atoms with Crippen LogP contribution in [0, 0.1) is 0 Å². The van der Waals surface area contributed by atoms with E-state index in [9.17, 15) is 14.7 Å². The van der Waals surface area contributed by atoms with Crippen LogP contribution in [0.4, 0.5) is 0 Å². The summed E-state index contributed by atoms with van der Waals surface area (Å²) in [4.78, 5) is 22.8. The molecule has 6 atom stereocenters. The second kappa shape index (κ2) is 8.13. The summed E-state index contributed by atoms with van der Waals surface area (Å²) in [5.74, 6) is -0.501. The van der Waals surface area contributed by atoms with E-state index in [1.165, 1.54) is 13.8 Å². The Morgan fingerprint density at radius 2 is 1.88 bits per heavy atom. The van der Waals surface area contributed by atoms with Gasteiger partial charge in [0.1, 0.15) is 24.4 Å². The SMILES string of the molecule is CC(=O)NC[C@@H]1O[C@@H]2COC(c3ccccc3)O[C@H]2[C@@H](NC(C)=O)[C@@H]1O. The van der Waals surface area contributed by atoms with Gasteiger partial charge in [-0.2, -0.15) is 0 Å². The van der Waals surface area contributed by atoms with E-state index < -0.39 is 36.7 Å². The van der Waals surface area contributed by atoms with Crippen molar-refractivity contribution in [1.29, 1.82) is 0 Å². The highest BCUT2D eigenvalue weighted by Crippen LogP contribution is 2.34. The largest absolute Gasteiger partial charge is 0.388 e. The van der Waals surface area contributed by atoms with Gasteiger partial charge in [-0.3, -0.25) is 9.59 Å². The number of hydrogen-bond donors (Lipinski definition) is 3. The molecule has 0 aliphatic carbocycles. The van der Waals surface area contributed by atoms with Gasteiger partial charge in [-0.1, -0.05) is 30.3 Å². The highest BCUT2D eigenvalue weighted by Gasteiger charge is 2.49. The molecule has 1 aromatic carbocycles. The van der Waals surface area contributed by atoms with Crippen LogP contribution in [0.5, 0.6) is 0 Å². The maximum Gasteiger partial charge on any atom is 0.217 e. The lowest BCUT2D eigenvalue weighted by Crippen LogP contribution is -2.68. The first kappa shape index (κ1) is 18.8. The van der Waals surface area contributed by atoms with E-state index >= 15 is 0 Å². The first-order valence-corrected chi connectivity index (χ1v) is 8.63. The molecule has 1 unspecified atom stereocenters. The fourth-order valence-corrected chi connectivity index (χ4v) is 3.31. The summed E-state index contributed by atoms with van der Waals surface area (Å²) in [5, 5.41) is 16.1. The maximum absolute atomic E-state index is 11.6. The van der Waals surface area contributed by atoms with Gasteiger partial charge in [0.15, 0.2) is 6.29 Å². The molecule has 2 amide bonds. The van der Waals surface area contributed by atoms with Gasteiger partial charge in [0.05, 0.1) is 12.6 Å². The standard InChI is InChI=1S/C18H24N2O6/c1-10(21)19-8-13-16(23)15(20-11(2)22)17-14(25-13)9-24-18(26-17)12-6-4-3-5-7-12/h3-7,13-18,23H,8-9H2,1-2H3,(H,19,21)(H,20,22)/t13-,14+,15-,16+,17+,18?/m0/s1. The molecule has 0 aromatic heterocycles. The second-order valence-corrected chi connectivity index (χ2v) is 6.54. The van der Waals surface area contributed by atoms with Crippen molar-refractivity contribution in [3.8, 4) is 0 Å². The fourth-order valence-electron chi connectivity index (χ4n) is 3.31. The van der Waals surface area contributed by atoms with Crippen molar-refractivity contribution < 1.29 is 28.9 Å². The molecule has 0 radical (unpaired) electrons. The van der Waals surface area contributed by atoms with Crippen LogP contribution in [0.15, 0.2) is 30.3 Å². The summed E-state index contributed by atoms with van der Waals surface area (Å²) in [6.45, 7) is 3.16. The number of amides is 2. The summed E-state index contributed by atoms with van der Waals surface area (Å²) in [5.41, 5.74) is 0.849. The highest BCUT2D eigenvalue weighted by atomic mass is 16.7. The minimum Gasteiger partial charge on any atom is -0.388 e. The molecule has 8 heteroatoms. The molecule has 2 saturated heterocycles. The number of hydrogen-bond acceptors (Lipinski definition) is 6. The number of rotatable bonds is 4. The van der Waals surface area contributed by atoms with Gasteiger partial charge in [-0.05, 0) is 0 Å². The van der Waals surface area contributed by atoms with Crippen molar-refractivity contribution in [1.82, 2.24) is 10.6 Å². The molecule has 0 saturated carbocycles. The van der Waals surface area contributed by atoms with Gasteiger partial charge in [0.2, 0.25) is 11.8 Å². The molecule has 3 rings (SSSR count). The van der Waals surface area contributed by atoms with Crippen molar-refractivity contribution in [2.75, 3.05) is 13.2 Å². The Hall–Kier alpha value is -2.00. The Kier molecular flexibility index (Phi) is 5.87. The van der Waals surface area contributed by atoms with Gasteiger partial charge in [0.25, 0.3) is 0 Å². The normalized spacial score (nSPS) is 33.8. The first-order valence-electron chi connectivity index (χ1n) is 8.63. The van der Waals surface area contributed by atoms with Gasteiger partial charge < -0.3 is 30.0 Å². The van der Waals surface area contributed by atoms with E-state index in [0.29, 0.717) is 0 Å². The third-order valence-electron chi connectivity index (χ3n) is 4.51. The van der Waals surface area contributed by atoms with E-state index in [1.807, 2.05) is 30.3 Å². The average Bonchev–Trinajstić information content (AvgIpc) is 2.62. The zero-order chi connectivity index (χ0) is 18.7. The lowest BCUT2D eigenvalue weighted by molar-refractivity contribution is -0.308. The predicted molar refractivity (Wildman–Crippen MR) is 91.0 cm³/mol. The Bertz CT molecular complexity index is 640. The molecule has 26 heavy (non-hydrogen) atoms. The molecule has 2 heterocycles. The lowest BCUT2D eigenvalue weighted by atomic mass is 9.91. The zero-order valence-electron chi connectivity index (χ0n) is 14.8. The van der Waals surface area contributed by atoms with E-state index in [1.54, 1.807) is 0 Å². The summed E-state index contributed by atoms with van der Waals surface area (Å²) in [6, 6.07) is 8.77. The van der Waals surface area contributed by atoms with Crippen molar-refractivity contribution in [2.45, 2.75) is 50.6 Å². The molecule has 2 fully saturated rings. The van der Waals surface area contributed by atoms with Crippen molar-refractivity contribution in [3.05, 3.63) is 35.9 Å². The molecular weight excluding hydrogens is 340 g/mol. The summed E-state index contributed by atoms with van der Waals surface area (Å²) in [7, 11) is 0. The van der Waals surface area contributed by atoms with Gasteiger partial charge >= 0.3 is 0 Å². The maximum atomic E-state index is 11.6. The number of fused-ring (bicyclic) bond motifs is 1. The van der Waals surface area contributed by atoms with E-state index in [2.05, 4.69) is 10.6 Å². The summed E-state index contributed by atoms with van der Waals surface area (Å²) >= 11 is 0. The van der Waals surface area contributed by atoms with Crippen LogP contribution in [0.1, 0.15) is 25.7 Å². The topological polar surface area (TPSA) is 106 Å². The molecule has 2 aliphatic rings. The molecule has 3 N–H and O–H groups in total. The quantitative estimate of drug-likeness (QED) is 0.687. The van der Waals surface area contributed by atoms with E-state index in [4.69, 9.17) is 14.2 Å². The number of aliphatic hydroxyl groups is 1. The Labute approximate surface area is 151 Å². The zero-order valence-corrected chi connectivity index (χ0v) is 14.8. The van der Waals surface area contributed by atoms with Crippen LogP contribution < -0.4 is 10.6 Å². The molecule has 142 valence electrons. The van der Waals surface area contributed by atoms with Crippen LogP contribution in [-0.4, -0.2) is 60.5 Å². The van der Waals surface area contributed by atoms with E-state index in [-0.39, 0.29) is 25.0 Å². The number of benzene rings is 1. The second-order valence-electron chi connectivity index (χ2n) is 6.54. The van der Waals surface area contributed by atoms with Crippen LogP contribution in [0.25, 0.3) is 0 Å². The number of carbonyl (C=O) groups excluding carboxylic acids is 2. The third-order valence-corrected chi connectivity index (χ3v) is 4.51. The minimum absolute atomic E-state index is 0.137. The molecular formula is C18H24N2O6. The fraction of sp³-hybridized carbons (Fsp3) is 0.556.